The molecule has 7 rings (SSSR count). The van der Waals surface area contributed by atoms with E-state index in [4.69, 9.17) is 4.74 Å². The minimum atomic E-state index is 0.323. The second-order valence-electron chi connectivity index (χ2n) is 11.5. The van der Waals surface area contributed by atoms with Crippen LogP contribution in [0.25, 0.3) is 39.0 Å². The number of nitrogens with one attached hydrogen (secondary N) is 1. The average molecular weight is 559 g/mol. The number of hydrogen-bond acceptors (Lipinski definition) is 2. The van der Waals surface area contributed by atoms with Gasteiger partial charge in [-0.15, -0.1) is 0 Å². The molecule has 2 aliphatic rings. The number of rotatable bonds is 3. The van der Waals surface area contributed by atoms with Crippen molar-refractivity contribution in [2.75, 3.05) is 4.90 Å². The van der Waals surface area contributed by atoms with Crippen molar-refractivity contribution in [2.45, 2.75) is 20.3 Å². The van der Waals surface area contributed by atoms with Gasteiger partial charge in [0.25, 0.3) is 0 Å². The summed E-state index contributed by atoms with van der Waals surface area (Å²) in [5.41, 5.74) is 9.76. The van der Waals surface area contributed by atoms with Crippen LogP contribution in [0.4, 0.5) is 5.69 Å². The molecule has 2 aliphatic heterocycles. The van der Waals surface area contributed by atoms with Crippen molar-refractivity contribution in [1.82, 2.24) is 4.98 Å². The van der Waals surface area contributed by atoms with Crippen molar-refractivity contribution < 1.29 is 4.74 Å². The Bertz CT molecular complexity index is 2000. The number of H-pyrrole nitrogens is 1. The van der Waals surface area contributed by atoms with Crippen molar-refractivity contribution in [1.29, 1.82) is 0 Å². The highest BCUT2D eigenvalue weighted by molar-refractivity contribution is 6.08. The van der Waals surface area contributed by atoms with Gasteiger partial charge in [-0.1, -0.05) is 99.3 Å². The molecule has 0 saturated carbocycles. The molecule has 3 heterocycles. The quantitative estimate of drug-likeness (QED) is 0.239. The van der Waals surface area contributed by atoms with E-state index in [0.29, 0.717) is 5.92 Å². The van der Waals surface area contributed by atoms with Crippen LogP contribution in [-0.4, -0.2) is 4.98 Å². The number of anilines is 1. The van der Waals surface area contributed by atoms with Gasteiger partial charge in [-0.2, -0.15) is 0 Å². The molecule has 0 fully saturated rings. The van der Waals surface area contributed by atoms with Crippen molar-refractivity contribution in [2.24, 2.45) is 5.92 Å². The van der Waals surface area contributed by atoms with Crippen LogP contribution in [-0.2, 0) is 0 Å². The number of allylic oxidation sites excluding steroid dienone is 7. The van der Waals surface area contributed by atoms with Crippen LogP contribution in [0.5, 0.6) is 5.75 Å². The van der Waals surface area contributed by atoms with Gasteiger partial charge in [0.05, 0.1) is 11.2 Å². The summed E-state index contributed by atoms with van der Waals surface area (Å²) in [5.74, 6) is 1.99. The summed E-state index contributed by atoms with van der Waals surface area (Å²) in [6.07, 6.45) is 15.8. The number of para-hydroxylation sites is 1. The van der Waals surface area contributed by atoms with Gasteiger partial charge in [-0.25, -0.2) is 0 Å². The Balaban J connectivity index is 1.46. The van der Waals surface area contributed by atoms with E-state index in [1.807, 2.05) is 6.07 Å². The first-order valence-electron chi connectivity index (χ1n) is 14.9. The highest BCUT2D eigenvalue weighted by atomic mass is 16.5. The number of nitrogens with zero attached hydrogens (tertiary/aromatic N) is 1. The van der Waals surface area contributed by atoms with Gasteiger partial charge in [0.2, 0.25) is 0 Å². The van der Waals surface area contributed by atoms with Crippen LogP contribution >= 0.6 is 0 Å². The fraction of sp³-hybridized carbons (Fsp3) is 0.100. The summed E-state index contributed by atoms with van der Waals surface area (Å²) in [4.78, 5) is 5.85. The molecule has 0 radical (unpaired) electrons. The molecule has 1 aromatic heterocycles. The molecule has 0 saturated heterocycles. The van der Waals surface area contributed by atoms with Crippen LogP contribution in [0.2, 0.25) is 0 Å². The molecule has 5 aromatic rings. The van der Waals surface area contributed by atoms with E-state index in [0.717, 1.165) is 57.2 Å². The summed E-state index contributed by atoms with van der Waals surface area (Å²) in [6, 6.07) is 32.1. The van der Waals surface area contributed by atoms with Crippen LogP contribution in [0, 0.1) is 5.92 Å². The number of aromatic amines is 1. The van der Waals surface area contributed by atoms with Crippen molar-refractivity contribution in [3.05, 3.63) is 162 Å². The smallest absolute Gasteiger partial charge is 0.136 e. The maximum Gasteiger partial charge on any atom is 0.136 e. The molecule has 0 unspecified atom stereocenters. The molecule has 0 atom stereocenters. The normalized spacial score (nSPS) is 17.6. The van der Waals surface area contributed by atoms with Crippen molar-refractivity contribution in [3.8, 4) is 16.9 Å². The second kappa shape index (κ2) is 11.2. The van der Waals surface area contributed by atoms with Gasteiger partial charge in [-0.05, 0) is 77.6 Å². The molecular weight excluding hydrogens is 524 g/mol. The maximum absolute atomic E-state index is 6.68. The second-order valence-corrected chi connectivity index (χ2v) is 11.5. The molecule has 0 bridgehead atoms. The summed E-state index contributed by atoms with van der Waals surface area (Å²) < 4.78 is 6.68. The minimum Gasteiger partial charge on any atom is -0.457 e. The largest absolute Gasteiger partial charge is 0.457 e. The van der Waals surface area contributed by atoms with Crippen LogP contribution in [0.1, 0.15) is 25.8 Å². The van der Waals surface area contributed by atoms with Crippen molar-refractivity contribution >= 4 is 33.6 Å². The lowest BCUT2D eigenvalue weighted by molar-refractivity contribution is 0.436. The third kappa shape index (κ3) is 5.26. The number of hydrogen-bond donors (Lipinski definition) is 1. The summed E-state index contributed by atoms with van der Waals surface area (Å²) in [6.45, 7) is 8.90. The topological polar surface area (TPSA) is 28.3 Å². The fourth-order valence-electron chi connectivity index (χ4n) is 5.93. The predicted octanol–water partition coefficient (Wildman–Crippen LogP) is 10.7. The first kappa shape index (κ1) is 26.6. The highest BCUT2D eigenvalue weighted by Crippen LogP contribution is 2.40. The van der Waals surface area contributed by atoms with E-state index in [9.17, 15) is 0 Å². The average Bonchev–Trinajstić information content (AvgIpc) is 3.39. The van der Waals surface area contributed by atoms with Crippen LogP contribution < -0.4 is 9.64 Å². The molecule has 0 aliphatic carbocycles. The molecule has 3 nitrogen and oxygen atoms in total. The van der Waals surface area contributed by atoms with E-state index in [1.165, 1.54) is 21.9 Å². The Morgan fingerprint density at radius 2 is 1.58 bits per heavy atom. The van der Waals surface area contributed by atoms with Gasteiger partial charge in [0, 0.05) is 39.3 Å². The monoisotopic (exact) mass is 558 g/mol. The van der Waals surface area contributed by atoms with E-state index < -0.39 is 0 Å². The van der Waals surface area contributed by atoms with E-state index in [-0.39, 0.29) is 0 Å². The Morgan fingerprint density at radius 3 is 2.40 bits per heavy atom. The molecule has 0 amide bonds. The lowest BCUT2D eigenvalue weighted by Gasteiger charge is -2.31. The Morgan fingerprint density at radius 1 is 0.814 bits per heavy atom. The summed E-state index contributed by atoms with van der Waals surface area (Å²) in [7, 11) is 0. The zero-order valence-corrected chi connectivity index (χ0v) is 24.5. The van der Waals surface area contributed by atoms with Gasteiger partial charge < -0.3 is 14.6 Å². The number of ether oxygens (including phenoxy) is 1. The Kier molecular flexibility index (Phi) is 6.92. The molecule has 43 heavy (non-hydrogen) atoms. The van der Waals surface area contributed by atoms with E-state index in [2.05, 4.69) is 158 Å². The third-order valence-electron chi connectivity index (χ3n) is 7.93. The molecule has 1 N–H and O–H groups in total. The Labute approximate surface area is 253 Å². The first-order chi connectivity index (χ1) is 21.0. The van der Waals surface area contributed by atoms with Crippen LogP contribution in [0.15, 0.2) is 157 Å². The fourth-order valence-corrected chi connectivity index (χ4v) is 5.93. The number of benzene rings is 4. The summed E-state index contributed by atoms with van der Waals surface area (Å²) in [5, 5.41) is 2.38. The van der Waals surface area contributed by atoms with E-state index in [1.54, 1.807) is 0 Å². The van der Waals surface area contributed by atoms with Gasteiger partial charge in [0.1, 0.15) is 11.5 Å². The number of aromatic nitrogens is 1. The van der Waals surface area contributed by atoms with Gasteiger partial charge in [-0.3, -0.25) is 0 Å². The lowest BCUT2D eigenvalue weighted by atomic mass is 9.98. The van der Waals surface area contributed by atoms with Gasteiger partial charge >= 0.3 is 0 Å². The van der Waals surface area contributed by atoms with Gasteiger partial charge in [0.15, 0.2) is 0 Å². The highest BCUT2D eigenvalue weighted by Gasteiger charge is 2.23. The lowest BCUT2D eigenvalue weighted by Crippen LogP contribution is -2.22. The number of fused-ring (bicyclic) bond motifs is 5. The summed E-state index contributed by atoms with van der Waals surface area (Å²) >= 11 is 0. The third-order valence-corrected chi connectivity index (χ3v) is 7.93. The molecule has 0 spiro atoms. The zero-order chi connectivity index (χ0) is 29.3. The molecule has 3 heteroatoms. The minimum absolute atomic E-state index is 0.323. The molecule has 4 aromatic carbocycles. The predicted molar refractivity (Wildman–Crippen MR) is 182 cm³/mol. The Hall–Kier alpha value is -5.28. The standard InChI is InChI=1S/C40H34N2O/c1-27(2)22-34-23-31-15-9-4-6-12-28(3)42(33-20-18-30(19-21-33)29-13-7-5-8-14-29)39(31)25-32-24-36-35-16-10-11-17-37(35)41-38(36)26-40(32)43-34/h4-14,16-27,41H,3,15H2,1-2H3/b9-4-,12-6-,31-23?,34-22-,39-25?. The SMILES string of the molecule is C=C1/C=C\C=C/CC2=C/C(=C/C(C)C)Oc3cc4[nH]c5ccccc5c4cc3C=C2N1c1ccc(-c2ccccc2)cc1. The molecular formula is C40H34N2O. The molecule has 210 valence electrons. The van der Waals surface area contributed by atoms with E-state index >= 15 is 0 Å². The first-order valence-corrected chi connectivity index (χ1v) is 14.9. The van der Waals surface area contributed by atoms with Crippen molar-refractivity contribution in [3.63, 3.8) is 0 Å². The zero-order valence-electron chi connectivity index (χ0n) is 24.5. The maximum atomic E-state index is 6.68. The van der Waals surface area contributed by atoms with Crippen LogP contribution in [0.3, 0.4) is 0 Å².